The lowest BCUT2D eigenvalue weighted by Gasteiger charge is -2.15. The zero-order valence-corrected chi connectivity index (χ0v) is 15.3. The van der Waals surface area contributed by atoms with Crippen LogP contribution in [0.2, 0.25) is 5.02 Å². The maximum absolute atomic E-state index is 11.7. The molecule has 0 spiro atoms. The predicted molar refractivity (Wildman–Crippen MR) is 98.1 cm³/mol. The molecule has 0 saturated carbocycles. The van der Waals surface area contributed by atoms with E-state index in [2.05, 4.69) is 26.9 Å². The van der Waals surface area contributed by atoms with E-state index in [1.165, 1.54) is 24.6 Å². The van der Waals surface area contributed by atoms with Gasteiger partial charge < -0.3 is 15.0 Å². The van der Waals surface area contributed by atoms with Gasteiger partial charge in [0.05, 0.1) is 13.3 Å². The Morgan fingerprint density at radius 3 is 2.96 bits per heavy atom. The van der Waals surface area contributed by atoms with E-state index in [0.717, 1.165) is 0 Å². The summed E-state index contributed by atoms with van der Waals surface area (Å²) < 4.78 is 4.65. The van der Waals surface area contributed by atoms with E-state index < -0.39 is 5.97 Å². The van der Waals surface area contributed by atoms with Crippen molar-refractivity contribution in [3.63, 3.8) is 0 Å². The van der Waals surface area contributed by atoms with Crippen LogP contribution in [0.15, 0.2) is 30.5 Å². The minimum atomic E-state index is -0.415. The van der Waals surface area contributed by atoms with Crippen LogP contribution in [0.25, 0.3) is 0 Å². The van der Waals surface area contributed by atoms with Crippen molar-refractivity contribution in [1.82, 2.24) is 10.3 Å². The maximum Gasteiger partial charge on any atom is 0.349 e. The molecule has 0 aliphatic carbocycles. The minimum Gasteiger partial charge on any atom is -0.465 e. The van der Waals surface area contributed by atoms with Crippen LogP contribution in [-0.4, -0.2) is 44.1 Å². The number of ether oxygens (including phenoxy) is 1. The Kier molecular flexibility index (Phi) is 6.81. The van der Waals surface area contributed by atoms with Gasteiger partial charge in [-0.25, -0.2) is 9.78 Å². The highest BCUT2D eigenvalue weighted by molar-refractivity contribution is 7.17. The molecule has 0 fully saturated rings. The third-order valence-corrected chi connectivity index (χ3v) is 4.41. The van der Waals surface area contributed by atoms with Gasteiger partial charge in [0.2, 0.25) is 0 Å². The highest BCUT2D eigenvalue weighted by atomic mass is 35.5. The number of carbonyl (C=O) groups is 2. The van der Waals surface area contributed by atoms with E-state index in [0.29, 0.717) is 33.7 Å². The second kappa shape index (κ2) is 9.06. The minimum absolute atomic E-state index is 0.372. The molecule has 0 saturated heterocycles. The van der Waals surface area contributed by atoms with Crippen LogP contribution in [0.3, 0.4) is 0 Å². The monoisotopic (exact) mass is 377 g/mol. The number of methoxy groups -OCH3 is 1. The normalized spacial score (nSPS) is 9.72. The third-order valence-electron chi connectivity index (χ3n) is 3.08. The number of thiazole rings is 1. The van der Waals surface area contributed by atoms with E-state index in [1.54, 1.807) is 24.3 Å². The van der Waals surface area contributed by atoms with Gasteiger partial charge in [-0.15, -0.1) is 0 Å². The molecule has 6 nitrogen and oxygen atoms in total. The average Bonchev–Trinajstić information content (AvgIpc) is 3.09. The summed E-state index contributed by atoms with van der Waals surface area (Å²) in [5, 5.41) is 3.95. The topological polar surface area (TPSA) is 71.5 Å². The van der Waals surface area contributed by atoms with Crippen molar-refractivity contribution in [3.8, 4) is 11.8 Å². The Labute approximate surface area is 154 Å². The molecule has 2 aromatic rings. The van der Waals surface area contributed by atoms with Gasteiger partial charge in [-0.3, -0.25) is 4.79 Å². The number of nitrogens with zero attached hydrogens (tertiary/aromatic N) is 2. The van der Waals surface area contributed by atoms with Gasteiger partial charge in [-0.1, -0.05) is 34.9 Å². The number of anilines is 1. The summed E-state index contributed by atoms with van der Waals surface area (Å²) in [6.45, 7) is 0.922. The molecule has 0 bridgehead atoms. The highest BCUT2D eigenvalue weighted by Gasteiger charge is 2.13. The summed E-state index contributed by atoms with van der Waals surface area (Å²) in [6, 6.07) is 6.99. The second-order valence-electron chi connectivity index (χ2n) is 4.94. The van der Waals surface area contributed by atoms with Gasteiger partial charge in [-0.2, -0.15) is 0 Å². The molecule has 25 heavy (non-hydrogen) atoms. The quantitative estimate of drug-likeness (QED) is 0.638. The van der Waals surface area contributed by atoms with Crippen LogP contribution in [0.1, 0.15) is 15.2 Å². The van der Waals surface area contributed by atoms with Crippen LogP contribution in [0.4, 0.5) is 5.13 Å². The van der Waals surface area contributed by atoms with Crippen LogP contribution in [0, 0.1) is 11.8 Å². The fourth-order valence-electron chi connectivity index (χ4n) is 1.81. The molecule has 130 valence electrons. The number of esters is 1. The number of hydrogen-bond donors (Lipinski definition) is 1. The molecule has 1 aromatic heterocycles. The lowest BCUT2D eigenvalue weighted by atomic mass is 10.2. The molecule has 0 radical (unpaired) electrons. The molecule has 0 aliphatic rings. The summed E-state index contributed by atoms with van der Waals surface area (Å²) in [7, 11) is 3.15. The first-order valence-electron chi connectivity index (χ1n) is 7.30. The van der Waals surface area contributed by atoms with E-state index >= 15 is 0 Å². The van der Waals surface area contributed by atoms with Crippen LogP contribution < -0.4 is 10.2 Å². The fraction of sp³-hybridized carbons (Fsp3) is 0.235. The molecular weight excluding hydrogens is 362 g/mol. The molecule has 1 aromatic carbocycles. The number of halogens is 1. The first-order valence-corrected chi connectivity index (χ1v) is 8.49. The van der Waals surface area contributed by atoms with Crippen molar-refractivity contribution in [2.24, 2.45) is 0 Å². The Morgan fingerprint density at radius 1 is 1.44 bits per heavy atom. The Morgan fingerprint density at radius 2 is 2.24 bits per heavy atom. The lowest BCUT2D eigenvalue weighted by molar-refractivity contribution is -0.115. The molecule has 0 atom stereocenters. The van der Waals surface area contributed by atoms with Crippen molar-refractivity contribution in [3.05, 3.63) is 45.9 Å². The number of likely N-dealkylation sites (N-methyl/N-ethyl adjacent to an activating group) is 1. The molecule has 0 unspecified atom stereocenters. The predicted octanol–water partition coefficient (Wildman–Crippen LogP) is 2.19. The van der Waals surface area contributed by atoms with E-state index in [1.807, 2.05) is 11.9 Å². The Hall–Kier alpha value is -2.56. The summed E-state index contributed by atoms with van der Waals surface area (Å²) in [6.07, 6.45) is 1.47. The van der Waals surface area contributed by atoms with Crippen LogP contribution >= 0.6 is 22.9 Å². The summed E-state index contributed by atoms with van der Waals surface area (Å²) >= 11 is 7.09. The summed E-state index contributed by atoms with van der Waals surface area (Å²) in [5.74, 6) is 4.48. The van der Waals surface area contributed by atoms with E-state index in [4.69, 9.17) is 11.6 Å². The van der Waals surface area contributed by atoms with Gasteiger partial charge in [-0.05, 0) is 18.2 Å². The third kappa shape index (κ3) is 5.78. The SMILES string of the molecule is COC(=O)c1cnc(N(C)CCNC(=O)C#Cc2cccc(Cl)c2)s1. The van der Waals surface area contributed by atoms with Crippen molar-refractivity contribution < 1.29 is 14.3 Å². The molecule has 1 N–H and O–H groups in total. The number of carbonyl (C=O) groups excluding carboxylic acids is 2. The van der Waals surface area contributed by atoms with Gasteiger partial charge in [0, 0.05) is 36.6 Å². The molecule has 1 heterocycles. The van der Waals surface area contributed by atoms with Gasteiger partial charge in [0.1, 0.15) is 4.88 Å². The van der Waals surface area contributed by atoms with Gasteiger partial charge in [0.25, 0.3) is 5.91 Å². The summed E-state index contributed by atoms with van der Waals surface area (Å²) in [5.41, 5.74) is 0.679. The van der Waals surface area contributed by atoms with Crippen LogP contribution in [-0.2, 0) is 9.53 Å². The number of amides is 1. The number of rotatable bonds is 5. The highest BCUT2D eigenvalue weighted by Crippen LogP contribution is 2.21. The number of benzene rings is 1. The van der Waals surface area contributed by atoms with Crippen LogP contribution in [0.5, 0.6) is 0 Å². The van der Waals surface area contributed by atoms with E-state index in [9.17, 15) is 9.59 Å². The van der Waals surface area contributed by atoms with Crippen molar-refractivity contribution in [2.75, 3.05) is 32.1 Å². The first kappa shape index (κ1) is 18.8. The lowest BCUT2D eigenvalue weighted by Crippen LogP contribution is -2.32. The average molecular weight is 378 g/mol. The second-order valence-corrected chi connectivity index (χ2v) is 6.38. The zero-order valence-electron chi connectivity index (χ0n) is 13.7. The Bertz CT molecular complexity index is 826. The fourth-order valence-corrected chi connectivity index (χ4v) is 2.82. The van der Waals surface area contributed by atoms with E-state index in [-0.39, 0.29) is 5.91 Å². The Balaban J connectivity index is 1.81. The molecule has 0 aliphatic heterocycles. The summed E-state index contributed by atoms with van der Waals surface area (Å²) in [4.78, 5) is 29.6. The number of hydrogen-bond acceptors (Lipinski definition) is 6. The molecule has 1 amide bonds. The first-order chi connectivity index (χ1) is 12.0. The zero-order chi connectivity index (χ0) is 18.2. The van der Waals surface area contributed by atoms with Crippen molar-refractivity contribution in [2.45, 2.75) is 0 Å². The van der Waals surface area contributed by atoms with Gasteiger partial charge >= 0.3 is 5.97 Å². The molecular formula is C17H16ClN3O3S. The number of nitrogens with one attached hydrogen (secondary N) is 1. The number of aromatic nitrogens is 1. The van der Waals surface area contributed by atoms with Gasteiger partial charge in [0.15, 0.2) is 5.13 Å². The smallest absolute Gasteiger partial charge is 0.349 e. The standard InChI is InChI=1S/C17H16ClN3O3S/c1-21(17-20-11-14(25-17)16(23)24-2)9-8-19-15(22)7-6-12-4-3-5-13(18)10-12/h3-5,10-11H,8-9H2,1-2H3,(H,19,22). The largest absolute Gasteiger partial charge is 0.465 e. The molecule has 2 rings (SSSR count). The van der Waals surface area contributed by atoms with Crippen molar-refractivity contribution in [1.29, 1.82) is 0 Å². The van der Waals surface area contributed by atoms with Crippen molar-refractivity contribution >= 4 is 39.9 Å². The maximum atomic E-state index is 11.7. The molecule has 8 heteroatoms.